The molecule has 0 saturated heterocycles. The van der Waals surface area contributed by atoms with Gasteiger partial charge >= 0.3 is 0 Å². The molecule has 0 aliphatic heterocycles. The third-order valence-electron chi connectivity index (χ3n) is 1.18. The first-order valence-electron chi connectivity index (χ1n) is 2.69. The summed E-state index contributed by atoms with van der Waals surface area (Å²) in [5.41, 5.74) is 7.25. The Morgan fingerprint density at radius 1 is 1.50 bits per heavy atom. The van der Waals surface area contributed by atoms with Crippen molar-refractivity contribution in [2.24, 2.45) is 0 Å². The minimum Gasteiger partial charge on any atom is -0.397 e. The number of pyridine rings is 1. The molecule has 0 bridgehead atoms. The lowest BCUT2D eigenvalue weighted by Crippen LogP contribution is -1.92. The largest absolute Gasteiger partial charge is 0.397 e. The smallest absolute Gasteiger partial charge is 0.0637 e. The number of nitrogen functional groups attached to an aromatic ring is 1. The van der Waals surface area contributed by atoms with Crippen molar-refractivity contribution in [3.63, 3.8) is 0 Å². The molecule has 2 N–H and O–H groups in total. The maximum Gasteiger partial charge on any atom is 0.0637 e. The quantitative estimate of drug-likeness (QED) is 0.783. The first-order valence-corrected chi connectivity index (χ1v) is 4.27. The van der Waals surface area contributed by atoms with Gasteiger partial charge in [-0.3, -0.25) is 4.98 Å². The van der Waals surface area contributed by atoms with Crippen LogP contribution in [0.2, 0.25) is 0 Å². The molecular formula is C6H6Br2N2. The van der Waals surface area contributed by atoms with E-state index in [-0.39, 0.29) is 0 Å². The molecule has 4 heteroatoms. The molecule has 2 nitrogen and oxygen atoms in total. The van der Waals surface area contributed by atoms with Gasteiger partial charge in [-0.1, -0.05) is 0 Å². The number of nitrogens with zero attached hydrogens (tertiary/aromatic N) is 1. The molecule has 0 fully saturated rings. The molecule has 1 aromatic heterocycles. The molecule has 0 radical (unpaired) electrons. The molecule has 0 aromatic carbocycles. The van der Waals surface area contributed by atoms with Crippen LogP contribution < -0.4 is 5.73 Å². The van der Waals surface area contributed by atoms with E-state index in [1.54, 1.807) is 6.20 Å². The summed E-state index contributed by atoms with van der Waals surface area (Å²) in [6.07, 6.45) is 1.69. The van der Waals surface area contributed by atoms with E-state index < -0.39 is 0 Å². The van der Waals surface area contributed by atoms with E-state index in [9.17, 15) is 0 Å². The fourth-order valence-corrected chi connectivity index (χ4v) is 1.46. The number of nitrogens with two attached hydrogens (primary N) is 1. The molecular weight excluding hydrogens is 260 g/mol. The van der Waals surface area contributed by atoms with Crippen molar-refractivity contribution in [2.45, 2.75) is 6.92 Å². The number of halogens is 2. The fourth-order valence-electron chi connectivity index (χ4n) is 0.579. The third kappa shape index (κ3) is 1.32. The molecule has 0 unspecified atom stereocenters. The van der Waals surface area contributed by atoms with Crippen LogP contribution in [-0.2, 0) is 0 Å². The van der Waals surface area contributed by atoms with Gasteiger partial charge in [-0.25, -0.2) is 0 Å². The summed E-state index contributed by atoms with van der Waals surface area (Å²) < 4.78 is 1.69. The number of rotatable bonds is 0. The highest BCUT2D eigenvalue weighted by Crippen LogP contribution is 2.28. The maximum absolute atomic E-state index is 5.65. The Hall–Kier alpha value is -0.0900. The van der Waals surface area contributed by atoms with Gasteiger partial charge in [-0.2, -0.15) is 0 Å². The second-order valence-electron chi connectivity index (χ2n) is 1.92. The van der Waals surface area contributed by atoms with Gasteiger partial charge in [0.2, 0.25) is 0 Å². The van der Waals surface area contributed by atoms with Crippen LogP contribution in [0.25, 0.3) is 0 Å². The van der Waals surface area contributed by atoms with E-state index in [1.165, 1.54) is 0 Å². The number of aromatic nitrogens is 1. The van der Waals surface area contributed by atoms with Crippen LogP contribution in [0.1, 0.15) is 5.69 Å². The lowest BCUT2D eigenvalue weighted by molar-refractivity contribution is 1.17. The van der Waals surface area contributed by atoms with Crippen molar-refractivity contribution in [2.75, 3.05) is 5.73 Å². The Labute approximate surface area is 76.1 Å². The van der Waals surface area contributed by atoms with Gasteiger partial charge < -0.3 is 5.73 Å². The normalized spacial score (nSPS) is 9.90. The topological polar surface area (TPSA) is 38.9 Å². The van der Waals surface area contributed by atoms with E-state index in [1.807, 2.05) is 6.92 Å². The Bertz CT molecular complexity index is 233. The Kier molecular flexibility index (Phi) is 2.31. The van der Waals surface area contributed by atoms with Gasteiger partial charge in [-0.15, -0.1) is 0 Å². The zero-order valence-electron chi connectivity index (χ0n) is 5.36. The van der Waals surface area contributed by atoms with E-state index in [0.29, 0.717) is 5.69 Å². The molecule has 0 atom stereocenters. The van der Waals surface area contributed by atoms with E-state index in [0.717, 1.165) is 14.6 Å². The van der Waals surface area contributed by atoms with Gasteiger partial charge in [0, 0.05) is 6.20 Å². The van der Waals surface area contributed by atoms with Gasteiger partial charge in [0.1, 0.15) is 0 Å². The van der Waals surface area contributed by atoms with E-state index in [2.05, 4.69) is 36.8 Å². The van der Waals surface area contributed by atoms with Gasteiger partial charge in [0.25, 0.3) is 0 Å². The van der Waals surface area contributed by atoms with Crippen molar-refractivity contribution in [3.8, 4) is 0 Å². The number of hydrogen-bond donors (Lipinski definition) is 1. The average molecular weight is 266 g/mol. The van der Waals surface area contributed by atoms with Crippen molar-refractivity contribution in [1.82, 2.24) is 4.98 Å². The monoisotopic (exact) mass is 264 g/mol. The number of aryl methyl sites for hydroxylation is 1. The SMILES string of the molecule is Cc1ncc(Br)c(N)c1Br. The zero-order chi connectivity index (χ0) is 7.72. The summed E-state index contributed by atoms with van der Waals surface area (Å²) in [5, 5.41) is 0. The minimum absolute atomic E-state index is 0.701. The van der Waals surface area contributed by atoms with Crippen LogP contribution >= 0.6 is 31.9 Å². The van der Waals surface area contributed by atoms with Crippen molar-refractivity contribution < 1.29 is 0 Å². The molecule has 10 heavy (non-hydrogen) atoms. The summed E-state index contributed by atoms with van der Waals surface area (Å²) >= 11 is 6.58. The predicted molar refractivity (Wildman–Crippen MR) is 48.8 cm³/mol. The number of anilines is 1. The highest BCUT2D eigenvalue weighted by Gasteiger charge is 2.03. The Morgan fingerprint density at radius 3 is 2.60 bits per heavy atom. The van der Waals surface area contributed by atoms with Crippen LogP contribution in [0.3, 0.4) is 0 Å². The molecule has 1 rings (SSSR count). The minimum atomic E-state index is 0.701. The van der Waals surface area contributed by atoms with Crippen molar-refractivity contribution in [3.05, 3.63) is 20.8 Å². The van der Waals surface area contributed by atoms with Crippen LogP contribution in [0.5, 0.6) is 0 Å². The van der Waals surface area contributed by atoms with Gasteiger partial charge in [0.05, 0.1) is 20.3 Å². The zero-order valence-corrected chi connectivity index (χ0v) is 8.53. The molecule has 0 aliphatic carbocycles. The Balaban J connectivity index is 3.34. The predicted octanol–water partition coefficient (Wildman–Crippen LogP) is 2.50. The van der Waals surface area contributed by atoms with Gasteiger partial charge in [-0.05, 0) is 38.8 Å². The lowest BCUT2D eigenvalue weighted by atomic mass is 10.3. The van der Waals surface area contributed by atoms with Crippen LogP contribution in [0.4, 0.5) is 5.69 Å². The van der Waals surface area contributed by atoms with Gasteiger partial charge in [0.15, 0.2) is 0 Å². The molecule has 1 aromatic rings. The molecule has 1 heterocycles. The fraction of sp³-hybridized carbons (Fsp3) is 0.167. The Morgan fingerprint density at radius 2 is 2.10 bits per heavy atom. The second kappa shape index (κ2) is 2.88. The third-order valence-corrected chi connectivity index (χ3v) is 2.82. The highest BCUT2D eigenvalue weighted by molar-refractivity contribution is 9.11. The summed E-state index contributed by atoms with van der Waals surface area (Å²) in [6, 6.07) is 0. The standard InChI is InChI=1S/C6H6Br2N2/c1-3-5(8)6(9)4(7)2-10-3/h2H,1H3,(H2,9,10). The number of hydrogen-bond acceptors (Lipinski definition) is 2. The molecule has 0 aliphatic rings. The summed E-state index contributed by atoms with van der Waals surface area (Å²) in [6.45, 7) is 1.90. The van der Waals surface area contributed by atoms with Crippen LogP contribution in [0, 0.1) is 6.92 Å². The van der Waals surface area contributed by atoms with E-state index in [4.69, 9.17) is 5.73 Å². The molecule has 0 spiro atoms. The first-order chi connectivity index (χ1) is 4.63. The molecule has 0 amide bonds. The van der Waals surface area contributed by atoms with Crippen molar-refractivity contribution >= 4 is 37.5 Å². The van der Waals surface area contributed by atoms with Crippen LogP contribution in [0.15, 0.2) is 15.1 Å². The lowest BCUT2D eigenvalue weighted by Gasteiger charge is -2.02. The van der Waals surface area contributed by atoms with Crippen molar-refractivity contribution in [1.29, 1.82) is 0 Å². The van der Waals surface area contributed by atoms with E-state index >= 15 is 0 Å². The second-order valence-corrected chi connectivity index (χ2v) is 3.57. The molecule has 0 saturated carbocycles. The highest BCUT2D eigenvalue weighted by atomic mass is 79.9. The average Bonchev–Trinajstić information content (AvgIpc) is 1.93. The van der Waals surface area contributed by atoms with Crippen LogP contribution in [-0.4, -0.2) is 4.98 Å². The maximum atomic E-state index is 5.65. The first kappa shape index (κ1) is 8.01. The summed E-state index contributed by atoms with van der Waals surface area (Å²) in [4.78, 5) is 4.07. The molecule has 54 valence electrons. The summed E-state index contributed by atoms with van der Waals surface area (Å²) in [7, 11) is 0. The summed E-state index contributed by atoms with van der Waals surface area (Å²) in [5.74, 6) is 0.